The summed E-state index contributed by atoms with van der Waals surface area (Å²) in [6.07, 6.45) is -1.05. The van der Waals surface area contributed by atoms with Crippen molar-refractivity contribution in [2.45, 2.75) is 19.3 Å². The number of benzene rings is 2. The average Bonchev–Trinajstić information content (AvgIpc) is 3.19. The Bertz CT molecular complexity index is 1060. The van der Waals surface area contributed by atoms with Crippen molar-refractivity contribution >= 4 is 5.91 Å². The summed E-state index contributed by atoms with van der Waals surface area (Å²) < 4.78 is 46.4. The molecule has 1 amide bonds. The molecule has 2 aromatic carbocycles. The first-order valence-corrected chi connectivity index (χ1v) is 9.66. The van der Waals surface area contributed by atoms with Crippen LogP contribution >= 0.6 is 0 Å². The Kier molecular flexibility index (Phi) is 6.84. The van der Waals surface area contributed by atoms with Gasteiger partial charge in [0.25, 0.3) is 5.91 Å². The molecule has 4 nitrogen and oxygen atoms in total. The van der Waals surface area contributed by atoms with Gasteiger partial charge in [0.1, 0.15) is 5.75 Å². The van der Waals surface area contributed by atoms with Gasteiger partial charge in [-0.1, -0.05) is 24.3 Å². The number of alkyl halides is 3. The van der Waals surface area contributed by atoms with Crippen LogP contribution in [0.5, 0.6) is 5.75 Å². The van der Waals surface area contributed by atoms with Gasteiger partial charge in [-0.15, -0.1) is 6.58 Å². The maximum atomic E-state index is 13.0. The Labute approximate surface area is 179 Å². The lowest BCUT2D eigenvalue weighted by molar-refractivity contribution is -0.137. The number of nitrogens with zero attached hydrogens (tertiary/aromatic N) is 2. The number of halogens is 3. The van der Waals surface area contributed by atoms with Gasteiger partial charge in [0.05, 0.1) is 19.2 Å². The van der Waals surface area contributed by atoms with E-state index in [9.17, 15) is 18.0 Å². The molecule has 0 bridgehead atoms. The number of hydrogen-bond acceptors (Lipinski definition) is 2. The summed E-state index contributed by atoms with van der Waals surface area (Å²) in [5.41, 5.74) is 1.02. The van der Waals surface area contributed by atoms with E-state index in [0.717, 1.165) is 29.1 Å². The van der Waals surface area contributed by atoms with E-state index >= 15 is 0 Å². The predicted octanol–water partition coefficient (Wildman–Crippen LogP) is 5.39. The molecule has 3 rings (SSSR count). The zero-order chi connectivity index (χ0) is 22.4. The van der Waals surface area contributed by atoms with Crippen LogP contribution in [0.15, 0.2) is 79.5 Å². The second-order valence-corrected chi connectivity index (χ2v) is 7.03. The van der Waals surface area contributed by atoms with Gasteiger partial charge in [-0.3, -0.25) is 4.79 Å². The molecule has 7 heteroatoms. The van der Waals surface area contributed by atoms with Crippen LogP contribution in [0.25, 0.3) is 0 Å². The number of aromatic nitrogens is 1. The first-order chi connectivity index (χ1) is 14.8. The van der Waals surface area contributed by atoms with Gasteiger partial charge in [-0.25, -0.2) is 0 Å². The van der Waals surface area contributed by atoms with Crippen LogP contribution < -0.4 is 4.74 Å². The SMILES string of the molecule is C=CCN(Cc1cccn1Cc1cccc(OC)c1)C(=O)c1cccc(C(F)(F)F)c1. The maximum absolute atomic E-state index is 13.0. The van der Waals surface area contributed by atoms with Crippen LogP contribution in [-0.4, -0.2) is 29.0 Å². The lowest BCUT2D eigenvalue weighted by atomic mass is 10.1. The highest BCUT2D eigenvalue weighted by atomic mass is 19.4. The van der Waals surface area contributed by atoms with Crippen LogP contribution in [0.2, 0.25) is 0 Å². The lowest BCUT2D eigenvalue weighted by Gasteiger charge is -2.23. The Morgan fingerprint density at radius 3 is 2.61 bits per heavy atom. The Balaban J connectivity index is 1.82. The molecule has 0 fully saturated rings. The predicted molar refractivity (Wildman–Crippen MR) is 113 cm³/mol. The smallest absolute Gasteiger partial charge is 0.416 e. The van der Waals surface area contributed by atoms with Gasteiger partial charge in [0.2, 0.25) is 0 Å². The summed E-state index contributed by atoms with van der Waals surface area (Å²) in [6.45, 7) is 4.69. The van der Waals surface area contributed by atoms with Crippen molar-refractivity contribution in [2.24, 2.45) is 0 Å². The molecule has 0 atom stereocenters. The molecule has 1 aromatic heterocycles. The molecular weight excluding hydrogens is 405 g/mol. The van der Waals surface area contributed by atoms with E-state index in [1.807, 2.05) is 47.2 Å². The van der Waals surface area contributed by atoms with E-state index in [2.05, 4.69) is 6.58 Å². The monoisotopic (exact) mass is 428 g/mol. The molecule has 0 saturated carbocycles. The van der Waals surface area contributed by atoms with Crippen LogP contribution in [0.3, 0.4) is 0 Å². The number of hydrogen-bond donors (Lipinski definition) is 0. The van der Waals surface area contributed by atoms with Crippen LogP contribution in [-0.2, 0) is 19.3 Å². The molecule has 3 aromatic rings. The van der Waals surface area contributed by atoms with E-state index < -0.39 is 17.6 Å². The zero-order valence-corrected chi connectivity index (χ0v) is 17.1. The number of ether oxygens (including phenoxy) is 1. The van der Waals surface area contributed by atoms with Gasteiger partial charge in [-0.2, -0.15) is 13.2 Å². The highest BCUT2D eigenvalue weighted by Gasteiger charge is 2.31. The van der Waals surface area contributed by atoms with Crippen molar-refractivity contribution in [2.75, 3.05) is 13.7 Å². The van der Waals surface area contributed by atoms with Crippen molar-refractivity contribution in [3.05, 3.63) is 102 Å². The maximum Gasteiger partial charge on any atom is 0.416 e. The average molecular weight is 428 g/mol. The summed E-state index contributed by atoms with van der Waals surface area (Å²) in [7, 11) is 1.60. The topological polar surface area (TPSA) is 34.5 Å². The number of amides is 1. The number of carbonyl (C=O) groups excluding carboxylic acids is 1. The fourth-order valence-corrected chi connectivity index (χ4v) is 3.30. The summed E-state index contributed by atoms with van der Waals surface area (Å²) in [4.78, 5) is 14.5. The van der Waals surface area contributed by atoms with Crippen molar-refractivity contribution < 1.29 is 22.7 Å². The molecule has 162 valence electrons. The fraction of sp³-hybridized carbons (Fsp3) is 0.208. The zero-order valence-electron chi connectivity index (χ0n) is 17.1. The number of carbonyl (C=O) groups is 1. The summed E-state index contributed by atoms with van der Waals surface area (Å²) in [5.74, 6) is 0.263. The lowest BCUT2D eigenvalue weighted by Crippen LogP contribution is -2.31. The summed E-state index contributed by atoms with van der Waals surface area (Å²) in [6, 6.07) is 15.9. The second kappa shape index (κ2) is 9.55. The Hall–Kier alpha value is -3.48. The van der Waals surface area contributed by atoms with E-state index in [1.54, 1.807) is 13.2 Å². The van der Waals surface area contributed by atoms with Gasteiger partial charge in [-0.05, 0) is 48.0 Å². The molecule has 0 aliphatic rings. The van der Waals surface area contributed by atoms with E-state index in [1.165, 1.54) is 17.0 Å². The summed E-state index contributed by atoms with van der Waals surface area (Å²) in [5, 5.41) is 0. The standard InChI is InChI=1S/C24H23F3N2O2/c1-3-12-29(23(30)19-8-5-9-20(15-19)24(25,26)27)17-21-10-6-13-28(21)16-18-7-4-11-22(14-18)31-2/h3-11,13-15H,1,12,16-17H2,2H3. The summed E-state index contributed by atoms with van der Waals surface area (Å²) >= 11 is 0. The molecule has 0 radical (unpaired) electrons. The van der Waals surface area contributed by atoms with Crippen LogP contribution in [0, 0.1) is 0 Å². The van der Waals surface area contributed by atoms with Crippen LogP contribution in [0.1, 0.15) is 27.2 Å². The molecule has 0 aliphatic heterocycles. The van der Waals surface area contributed by atoms with Crippen molar-refractivity contribution in [3.63, 3.8) is 0 Å². The minimum absolute atomic E-state index is 0.0115. The number of methoxy groups -OCH3 is 1. The van der Waals surface area contributed by atoms with Gasteiger partial charge in [0.15, 0.2) is 0 Å². The van der Waals surface area contributed by atoms with E-state index in [4.69, 9.17) is 4.74 Å². The van der Waals surface area contributed by atoms with Gasteiger partial charge >= 0.3 is 6.18 Å². The normalized spacial score (nSPS) is 11.2. The molecule has 0 saturated heterocycles. The molecular formula is C24H23F3N2O2. The Morgan fingerprint density at radius 2 is 1.90 bits per heavy atom. The second-order valence-electron chi connectivity index (χ2n) is 7.03. The molecule has 1 heterocycles. The molecule has 0 unspecified atom stereocenters. The Morgan fingerprint density at radius 1 is 1.13 bits per heavy atom. The molecule has 0 spiro atoms. The number of rotatable bonds is 8. The van der Waals surface area contributed by atoms with Crippen LogP contribution in [0.4, 0.5) is 13.2 Å². The molecule has 0 aliphatic carbocycles. The van der Waals surface area contributed by atoms with Crippen molar-refractivity contribution in [1.29, 1.82) is 0 Å². The quantitative estimate of drug-likeness (QED) is 0.451. The first kappa shape index (κ1) is 22.2. The molecule has 0 N–H and O–H groups in total. The minimum Gasteiger partial charge on any atom is -0.497 e. The van der Waals surface area contributed by atoms with Crippen molar-refractivity contribution in [1.82, 2.24) is 9.47 Å². The molecule has 31 heavy (non-hydrogen) atoms. The first-order valence-electron chi connectivity index (χ1n) is 9.66. The van der Waals surface area contributed by atoms with E-state index in [-0.39, 0.29) is 18.7 Å². The van der Waals surface area contributed by atoms with E-state index in [0.29, 0.717) is 6.54 Å². The van der Waals surface area contributed by atoms with Crippen molar-refractivity contribution in [3.8, 4) is 5.75 Å². The highest BCUT2D eigenvalue weighted by molar-refractivity contribution is 5.94. The minimum atomic E-state index is -4.51. The fourth-order valence-electron chi connectivity index (χ4n) is 3.30. The third-order valence-corrected chi connectivity index (χ3v) is 4.84. The third kappa shape index (κ3) is 5.57. The van der Waals surface area contributed by atoms with Gasteiger partial charge in [0, 0.05) is 30.5 Å². The third-order valence-electron chi connectivity index (χ3n) is 4.84. The highest BCUT2D eigenvalue weighted by Crippen LogP contribution is 2.30. The van der Waals surface area contributed by atoms with Gasteiger partial charge < -0.3 is 14.2 Å². The largest absolute Gasteiger partial charge is 0.497 e.